The molecule has 1 aliphatic carbocycles. The Hall–Kier alpha value is -3.44. The number of Topliss-reactive ketones (excluding diaryl/α,β-unsaturated/α-hetero) is 3. The zero-order valence-corrected chi connectivity index (χ0v) is 41.0. The molecule has 1 amide bonds. The molecule has 4 aliphatic rings. The van der Waals surface area contributed by atoms with Gasteiger partial charge in [-0.15, -0.1) is 0 Å². The Labute approximate surface area is 392 Å². The molecule has 2 saturated heterocycles. The van der Waals surface area contributed by atoms with E-state index in [1.807, 2.05) is 19.9 Å². The van der Waals surface area contributed by atoms with E-state index in [4.69, 9.17) is 23.7 Å². The first kappa shape index (κ1) is 55.2. The molecule has 1 unspecified atom stereocenters. The largest absolute Gasteiger partial charge is 0.460 e. The summed E-state index contributed by atoms with van der Waals surface area (Å²) in [5.41, 5.74) is 0.359. The number of carbonyl (C=O) groups is 6. The third kappa shape index (κ3) is 14.1. The Bertz CT molecular complexity index is 1780. The molecule has 3 fully saturated rings. The van der Waals surface area contributed by atoms with E-state index in [2.05, 4.69) is 0 Å². The second kappa shape index (κ2) is 25.2. The van der Waals surface area contributed by atoms with E-state index in [0.29, 0.717) is 63.4 Å². The molecule has 4 rings (SSSR count). The van der Waals surface area contributed by atoms with Crippen molar-refractivity contribution in [2.75, 3.05) is 27.9 Å². The molecular weight excluding hydrogens is 851 g/mol. The number of aliphatic hydroxyl groups excluding tert-OH is 2. The van der Waals surface area contributed by atoms with Crippen LogP contribution in [0.1, 0.15) is 126 Å². The van der Waals surface area contributed by atoms with E-state index < -0.39 is 89.8 Å². The van der Waals surface area contributed by atoms with Crippen LogP contribution in [-0.4, -0.2) is 138 Å². The normalized spacial score (nSPS) is 40.4. The highest BCUT2D eigenvalue weighted by molar-refractivity contribution is 6.39. The predicted molar refractivity (Wildman–Crippen MR) is 246 cm³/mol. The minimum Gasteiger partial charge on any atom is -0.460 e. The van der Waals surface area contributed by atoms with Crippen LogP contribution < -0.4 is 0 Å². The molecular formula is C51H79NO14. The summed E-state index contributed by atoms with van der Waals surface area (Å²) >= 11 is 0. The maximum absolute atomic E-state index is 14.4. The van der Waals surface area contributed by atoms with Crippen LogP contribution in [0.25, 0.3) is 0 Å². The average Bonchev–Trinajstić information content (AvgIpc) is 3.29. The minimum atomic E-state index is -2.50. The van der Waals surface area contributed by atoms with Crippen molar-refractivity contribution in [1.29, 1.82) is 0 Å². The molecule has 15 heteroatoms. The number of methoxy groups -OCH3 is 3. The summed E-state index contributed by atoms with van der Waals surface area (Å²) in [7, 11) is 4.38. The van der Waals surface area contributed by atoms with Gasteiger partial charge in [0.2, 0.25) is 5.79 Å². The van der Waals surface area contributed by atoms with Crippen molar-refractivity contribution in [3.63, 3.8) is 0 Å². The number of hydrogen-bond acceptors (Lipinski definition) is 14. The van der Waals surface area contributed by atoms with Gasteiger partial charge in [0.05, 0.1) is 24.4 Å². The summed E-state index contributed by atoms with van der Waals surface area (Å²) in [4.78, 5) is 85.1. The molecule has 0 radical (unpaired) electrons. The van der Waals surface area contributed by atoms with Crippen molar-refractivity contribution in [1.82, 2.24) is 4.90 Å². The molecule has 3 N–H and O–H groups in total. The van der Waals surface area contributed by atoms with Gasteiger partial charge in [0.15, 0.2) is 11.6 Å². The number of ketones is 4. The molecule has 372 valence electrons. The Morgan fingerprint density at radius 3 is 2.21 bits per heavy atom. The van der Waals surface area contributed by atoms with Crippen LogP contribution in [0.5, 0.6) is 0 Å². The van der Waals surface area contributed by atoms with Crippen molar-refractivity contribution in [2.24, 2.45) is 41.4 Å². The van der Waals surface area contributed by atoms with E-state index in [-0.39, 0.29) is 67.0 Å². The van der Waals surface area contributed by atoms with Gasteiger partial charge in [-0.2, -0.15) is 0 Å². The van der Waals surface area contributed by atoms with Crippen LogP contribution in [0.4, 0.5) is 0 Å². The number of cyclic esters (lactones) is 1. The number of allylic oxidation sites excluding steroid dienone is 5. The summed E-state index contributed by atoms with van der Waals surface area (Å²) in [5, 5.41) is 33.8. The molecule has 2 bridgehead atoms. The molecule has 0 aromatic rings. The first-order chi connectivity index (χ1) is 31.2. The van der Waals surface area contributed by atoms with Crippen LogP contribution in [0.3, 0.4) is 0 Å². The zero-order valence-electron chi connectivity index (χ0n) is 41.0. The number of ether oxygens (including phenoxy) is 5. The number of nitrogens with zero attached hydrogens (tertiary/aromatic N) is 1. The van der Waals surface area contributed by atoms with Gasteiger partial charge in [-0.1, -0.05) is 65.8 Å². The first-order valence-corrected chi connectivity index (χ1v) is 24.2. The highest BCUT2D eigenvalue weighted by Gasteiger charge is 2.53. The zero-order chi connectivity index (χ0) is 49.0. The predicted octanol–water partition coefficient (Wildman–Crippen LogP) is 5.44. The lowest BCUT2D eigenvalue weighted by atomic mass is 9.78. The summed E-state index contributed by atoms with van der Waals surface area (Å²) in [5.74, 6) is -9.34. The number of hydrogen-bond donors (Lipinski definition) is 3. The van der Waals surface area contributed by atoms with Gasteiger partial charge in [0, 0.05) is 64.4 Å². The van der Waals surface area contributed by atoms with Gasteiger partial charge in [-0.3, -0.25) is 24.0 Å². The topological polar surface area (TPSA) is 212 Å². The number of esters is 1. The number of aliphatic hydroxyl groups is 3. The van der Waals surface area contributed by atoms with E-state index in [0.717, 1.165) is 4.90 Å². The second-order valence-corrected chi connectivity index (χ2v) is 19.9. The van der Waals surface area contributed by atoms with Crippen LogP contribution in [0.15, 0.2) is 36.0 Å². The third-order valence-corrected chi connectivity index (χ3v) is 14.8. The van der Waals surface area contributed by atoms with Crippen LogP contribution in [-0.2, 0) is 52.5 Å². The lowest BCUT2D eigenvalue weighted by molar-refractivity contribution is -0.266. The SMILES string of the molecule is CO[C@H]1C[C@@H]2CC[C@@H](C)[C@@](O)(O2)C(=O)C(=O)N2CCCC[C@H]2C(=O)O[C@H]([C@H](C)C[C@H]2CC[C@@H](O)[C@H](OC)C2)CC(=O)[C@H](C)/C=C(/C)[C@@H](O)[C@@H](OC)C(=O)[C@H](C)C[C@H](C)/C=C/C=C/C(=O)C1C. The maximum Gasteiger partial charge on any atom is 0.329 e. The average molecular weight is 930 g/mol. The Morgan fingerprint density at radius 1 is 0.848 bits per heavy atom. The fourth-order valence-electron chi connectivity index (χ4n) is 10.3. The summed E-state index contributed by atoms with van der Waals surface area (Å²) in [6, 6.07) is -1.17. The highest BCUT2D eigenvalue weighted by Crippen LogP contribution is 2.38. The number of fused-ring (bicyclic) bond motifs is 3. The minimum absolute atomic E-state index is 0.0559. The molecule has 15 nitrogen and oxygen atoms in total. The van der Waals surface area contributed by atoms with Gasteiger partial charge in [0.1, 0.15) is 30.1 Å². The van der Waals surface area contributed by atoms with E-state index >= 15 is 0 Å². The van der Waals surface area contributed by atoms with E-state index in [1.165, 1.54) is 20.3 Å². The van der Waals surface area contributed by atoms with E-state index in [9.17, 15) is 44.1 Å². The van der Waals surface area contributed by atoms with Gasteiger partial charge >= 0.3 is 5.97 Å². The van der Waals surface area contributed by atoms with Crippen LogP contribution in [0, 0.1) is 41.4 Å². The number of amides is 1. The van der Waals surface area contributed by atoms with E-state index in [1.54, 1.807) is 60.0 Å². The number of rotatable bonds is 6. The van der Waals surface area contributed by atoms with Crippen molar-refractivity contribution in [2.45, 2.75) is 180 Å². The Kier molecular flexibility index (Phi) is 21.1. The lowest BCUT2D eigenvalue weighted by Gasteiger charge is -2.43. The monoisotopic (exact) mass is 930 g/mol. The molecule has 3 aliphatic heterocycles. The summed E-state index contributed by atoms with van der Waals surface area (Å²) in [6.07, 6.45) is 7.26. The number of carbonyl (C=O) groups excluding carboxylic acids is 6. The maximum atomic E-state index is 14.4. The standard InChI is InChI=1S/C51H79NO14/c1-29-15-11-12-17-39(53)35(7)43(62-8)27-37-20-18-34(6)51(61,66-37)48(58)49(59)52-22-14-13-16-38(52)50(60)65-42(31(3)25-36-19-21-40(54)44(26-36)63-9)28-41(55)30(2)24-33(5)46(57)47(64-10)45(56)32(4)23-29/h11-12,15,17,24,29-32,34-38,40,42-44,46-47,54,57,61H,13-14,16,18-23,25-28H2,1-10H3/b15-11+,17-12+,33-24-/t29-,30-,31-,32-,34-,35?,36-,37+,38+,40-,42+,43+,44-,46-,47+,51-/m1/s1. The van der Waals surface area contributed by atoms with Crippen molar-refractivity contribution in [3.8, 4) is 0 Å². The quantitative estimate of drug-likeness (QED) is 0.172. The fraction of sp³-hybridized carbons (Fsp3) is 0.765. The smallest absolute Gasteiger partial charge is 0.329 e. The summed E-state index contributed by atoms with van der Waals surface area (Å²) < 4.78 is 29.2. The Morgan fingerprint density at radius 2 is 1.55 bits per heavy atom. The molecule has 3 heterocycles. The molecule has 1 saturated carbocycles. The molecule has 0 aromatic heterocycles. The third-order valence-electron chi connectivity index (χ3n) is 14.8. The molecule has 66 heavy (non-hydrogen) atoms. The van der Waals surface area contributed by atoms with Crippen molar-refractivity contribution >= 4 is 35.0 Å². The lowest BCUT2D eigenvalue weighted by Crippen LogP contribution is -2.61. The van der Waals surface area contributed by atoms with Crippen LogP contribution in [0.2, 0.25) is 0 Å². The Balaban J connectivity index is 1.70. The molecule has 0 spiro atoms. The molecule has 0 aromatic carbocycles. The highest BCUT2D eigenvalue weighted by atomic mass is 16.6. The van der Waals surface area contributed by atoms with Gasteiger partial charge in [-0.25, -0.2) is 4.79 Å². The summed E-state index contributed by atoms with van der Waals surface area (Å²) in [6.45, 7) is 12.3. The second-order valence-electron chi connectivity index (χ2n) is 19.9. The van der Waals surface area contributed by atoms with Crippen molar-refractivity contribution in [3.05, 3.63) is 36.0 Å². The van der Waals surface area contributed by atoms with Gasteiger partial charge in [0.25, 0.3) is 11.7 Å². The van der Waals surface area contributed by atoms with Crippen LogP contribution >= 0.6 is 0 Å². The van der Waals surface area contributed by atoms with Crippen molar-refractivity contribution < 1.29 is 67.8 Å². The van der Waals surface area contributed by atoms with Gasteiger partial charge < -0.3 is 43.9 Å². The fourth-order valence-corrected chi connectivity index (χ4v) is 10.3. The number of piperidine rings is 1. The molecule has 16 atom stereocenters. The first-order valence-electron chi connectivity index (χ1n) is 24.2. The van der Waals surface area contributed by atoms with Gasteiger partial charge in [-0.05, 0) is 101 Å².